The Hall–Kier alpha value is -0.500. The molecule has 1 aliphatic carbocycles. The highest BCUT2D eigenvalue weighted by atomic mass is 16.6. The maximum absolute atomic E-state index is 9.60. The van der Waals surface area contributed by atoms with Crippen molar-refractivity contribution in [3.05, 3.63) is 11.8 Å². The number of rotatable bonds is 0. The lowest BCUT2D eigenvalue weighted by atomic mass is 9.84. The van der Waals surface area contributed by atoms with Crippen LogP contribution in [0.1, 0.15) is 26.7 Å². The highest BCUT2D eigenvalue weighted by molar-refractivity contribution is 5.09. The second-order valence-electron chi connectivity index (χ2n) is 4.13. The van der Waals surface area contributed by atoms with Crippen LogP contribution in [0.2, 0.25) is 0 Å². The normalized spacial score (nSPS) is 46.4. The van der Waals surface area contributed by atoms with Gasteiger partial charge in [0.05, 0.1) is 6.26 Å². The summed E-state index contributed by atoms with van der Waals surface area (Å²) in [6.45, 7) is 4.30. The number of fused-ring (bicyclic) bond motifs is 1. The Morgan fingerprint density at radius 3 is 2.92 bits per heavy atom. The van der Waals surface area contributed by atoms with E-state index in [2.05, 4.69) is 13.8 Å². The molecule has 1 saturated carbocycles. The molecule has 0 amide bonds. The van der Waals surface area contributed by atoms with Crippen molar-refractivity contribution in [3.8, 4) is 0 Å². The van der Waals surface area contributed by atoms with Gasteiger partial charge in [-0.1, -0.05) is 6.92 Å². The highest BCUT2D eigenvalue weighted by Gasteiger charge is 2.42. The molecule has 0 aromatic rings. The lowest BCUT2D eigenvalue weighted by molar-refractivity contribution is -0.121. The van der Waals surface area contributed by atoms with Crippen LogP contribution in [0.25, 0.3) is 0 Å². The number of ether oxygens (including phenoxy) is 1. The Kier molecular flexibility index (Phi) is 1.87. The lowest BCUT2D eigenvalue weighted by Crippen LogP contribution is -2.32. The zero-order valence-corrected chi connectivity index (χ0v) is 7.66. The molecule has 2 heteroatoms. The smallest absolute Gasteiger partial charge is 0.200 e. The first-order valence-electron chi connectivity index (χ1n) is 4.70. The Balaban J connectivity index is 2.23. The van der Waals surface area contributed by atoms with Crippen molar-refractivity contribution in [1.82, 2.24) is 0 Å². The van der Waals surface area contributed by atoms with Gasteiger partial charge in [0.25, 0.3) is 0 Å². The van der Waals surface area contributed by atoms with Crippen molar-refractivity contribution >= 4 is 0 Å². The molecule has 2 rings (SSSR count). The summed E-state index contributed by atoms with van der Waals surface area (Å²) in [5.74, 6) is 1.52. The van der Waals surface area contributed by atoms with Gasteiger partial charge in [0.2, 0.25) is 0 Å². The molecule has 0 unspecified atom stereocenters. The molecule has 2 nitrogen and oxygen atoms in total. The van der Waals surface area contributed by atoms with Gasteiger partial charge in [-0.2, -0.15) is 0 Å². The summed E-state index contributed by atoms with van der Waals surface area (Å²) in [6.07, 6.45) is 3.61. The minimum absolute atomic E-state index is 0.343. The Morgan fingerprint density at radius 1 is 1.50 bits per heavy atom. The minimum atomic E-state index is -0.559. The minimum Gasteiger partial charge on any atom is -0.472 e. The second-order valence-corrected chi connectivity index (χ2v) is 4.13. The van der Waals surface area contributed by atoms with Crippen LogP contribution in [-0.4, -0.2) is 11.4 Å². The Labute approximate surface area is 73.2 Å². The number of aliphatic hydroxyl groups excluding tert-OH is 1. The molecule has 0 aromatic carbocycles. The van der Waals surface area contributed by atoms with Gasteiger partial charge in [0.15, 0.2) is 6.29 Å². The summed E-state index contributed by atoms with van der Waals surface area (Å²) in [4.78, 5) is 0. The zero-order valence-electron chi connectivity index (χ0n) is 7.66. The van der Waals surface area contributed by atoms with Gasteiger partial charge in [-0.15, -0.1) is 0 Å². The van der Waals surface area contributed by atoms with Gasteiger partial charge in [0, 0.05) is 5.92 Å². The van der Waals surface area contributed by atoms with Crippen molar-refractivity contribution < 1.29 is 9.84 Å². The second kappa shape index (κ2) is 2.77. The molecular formula is C10H16O2. The Bertz CT molecular complexity index is 210. The molecule has 1 heterocycles. The molecule has 1 aliphatic heterocycles. The van der Waals surface area contributed by atoms with Gasteiger partial charge >= 0.3 is 0 Å². The first-order valence-corrected chi connectivity index (χ1v) is 4.70. The standard InChI is InChI=1S/C10H16O2/c1-6-3-4-8-7(2)5-12-10(11)9(6)8/h5-6,8-11H,3-4H2,1-2H3/t6-,8+,9+,10-/m0/s1. The first kappa shape index (κ1) is 8.11. The molecular weight excluding hydrogens is 152 g/mol. The summed E-state index contributed by atoms with van der Waals surface area (Å²) < 4.78 is 5.17. The van der Waals surface area contributed by atoms with E-state index >= 15 is 0 Å². The van der Waals surface area contributed by atoms with Crippen LogP contribution in [0, 0.1) is 17.8 Å². The number of hydrogen-bond acceptors (Lipinski definition) is 2. The predicted molar refractivity (Wildman–Crippen MR) is 46.2 cm³/mol. The van der Waals surface area contributed by atoms with Crippen molar-refractivity contribution in [2.45, 2.75) is 33.0 Å². The van der Waals surface area contributed by atoms with Crippen LogP contribution in [0.5, 0.6) is 0 Å². The van der Waals surface area contributed by atoms with Gasteiger partial charge < -0.3 is 9.84 Å². The summed E-state index contributed by atoms with van der Waals surface area (Å²) in [5, 5.41) is 9.60. The van der Waals surface area contributed by atoms with Gasteiger partial charge in [-0.25, -0.2) is 0 Å². The quantitative estimate of drug-likeness (QED) is 0.598. The van der Waals surface area contributed by atoms with Gasteiger partial charge in [0.1, 0.15) is 0 Å². The van der Waals surface area contributed by atoms with Crippen LogP contribution in [0.4, 0.5) is 0 Å². The van der Waals surface area contributed by atoms with Crippen LogP contribution in [-0.2, 0) is 4.74 Å². The molecule has 68 valence electrons. The molecule has 1 N–H and O–H groups in total. The zero-order chi connectivity index (χ0) is 8.72. The number of aliphatic hydroxyl groups is 1. The fourth-order valence-corrected chi connectivity index (χ4v) is 2.59. The average Bonchev–Trinajstić information content (AvgIpc) is 2.42. The maximum Gasteiger partial charge on any atom is 0.200 e. The third kappa shape index (κ3) is 1.06. The number of allylic oxidation sites excluding steroid dienone is 1. The number of hydrogen-bond donors (Lipinski definition) is 1. The van der Waals surface area contributed by atoms with E-state index in [1.807, 2.05) is 0 Å². The summed E-state index contributed by atoms with van der Waals surface area (Å²) in [7, 11) is 0. The van der Waals surface area contributed by atoms with Crippen LogP contribution in [0.15, 0.2) is 11.8 Å². The monoisotopic (exact) mass is 168 g/mol. The van der Waals surface area contributed by atoms with Crippen molar-refractivity contribution in [1.29, 1.82) is 0 Å². The topological polar surface area (TPSA) is 29.5 Å². The summed E-state index contributed by atoms with van der Waals surface area (Å²) >= 11 is 0. The molecule has 4 atom stereocenters. The van der Waals surface area contributed by atoms with Crippen LogP contribution >= 0.6 is 0 Å². The fraction of sp³-hybridized carbons (Fsp3) is 0.800. The molecule has 0 aromatic heterocycles. The van der Waals surface area contributed by atoms with Gasteiger partial charge in [-0.3, -0.25) is 0 Å². The van der Waals surface area contributed by atoms with Gasteiger partial charge in [-0.05, 0) is 37.2 Å². The highest BCUT2D eigenvalue weighted by Crippen LogP contribution is 2.45. The summed E-state index contributed by atoms with van der Waals surface area (Å²) in [5.41, 5.74) is 1.30. The molecule has 0 bridgehead atoms. The van der Waals surface area contributed by atoms with Crippen LogP contribution < -0.4 is 0 Å². The van der Waals surface area contributed by atoms with Crippen molar-refractivity contribution in [2.24, 2.45) is 17.8 Å². The molecule has 0 saturated heterocycles. The fourth-order valence-electron chi connectivity index (χ4n) is 2.59. The van der Waals surface area contributed by atoms with E-state index in [0.717, 1.165) is 0 Å². The van der Waals surface area contributed by atoms with E-state index in [4.69, 9.17) is 4.74 Å². The van der Waals surface area contributed by atoms with E-state index in [0.29, 0.717) is 17.8 Å². The van der Waals surface area contributed by atoms with E-state index in [1.54, 1.807) is 6.26 Å². The molecule has 2 aliphatic rings. The van der Waals surface area contributed by atoms with E-state index in [1.165, 1.54) is 18.4 Å². The SMILES string of the molecule is CC1=CO[C@H](O)[C@H]2[C@@H]1CC[C@@H]2C. The third-order valence-electron chi connectivity index (χ3n) is 3.36. The first-order chi connectivity index (χ1) is 5.70. The van der Waals surface area contributed by atoms with Crippen molar-refractivity contribution in [2.75, 3.05) is 0 Å². The largest absolute Gasteiger partial charge is 0.472 e. The van der Waals surface area contributed by atoms with E-state index < -0.39 is 6.29 Å². The van der Waals surface area contributed by atoms with E-state index in [9.17, 15) is 5.11 Å². The van der Waals surface area contributed by atoms with Crippen molar-refractivity contribution in [3.63, 3.8) is 0 Å². The lowest BCUT2D eigenvalue weighted by Gasteiger charge is -2.31. The maximum atomic E-state index is 9.60. The predicted octanol–water partition coefficient (Wildman–Crippen LogP) is 1.90. The molecule has 0 radical (unpaired) electrons. The average molecular weight is 168 g/mol. The molecule has 12 heavy (non-hydrogen) atoms. The third-order valence-corrected chi connectivity index (χ3v) is 3.36. The Morgan fingerprint density at radius 2 is 2.25 bits per heavy atom. The summed E-state index contributed by atoms with van der Waals surface area (Å²) in [6, 6.07) is 0. The molecule has 0 spiro atoms. The van der Waals surface area contributed by atoms with Crippen LogP contribution in [0.3, 0.4) is 0 Å². The van der Waals surface area contributed by atoms with E-state index in [-0.39, 0.29) is 0 Å². The molecule has 1 fully saturated rings.